The highest BCUT2D eigenvalue weighted by molar-refractivity contribution is 7.99. The van der Waals surface area contributed by atoms with Crippen molar-refractivity contribution < 1.29 is 4.39 Å². The van der Waals surface area contributed by atoms with Crippen molar-refractivity contribution in [1.82, 2.24) is 0 Å². The number of benzene rings is 1. The van der Waals surface area contributed by atoms with Crippen molar-refractivity contribution in [3.63, 3.8) is 0 Å². The molecule has 0 bridgehead atoms. The van der Waals surface area contributed by atoms with Gasteiger partial charge in [-0.1, -0.05) is 81.7 Å². The van der Waals surface area contributed by atoms with Gasteiger partial charge in [-0.2, -0.15) is 0 Å². The summed E-state index contributed by atoms with van der Waals surface area (Å²) in [5.41, 5.74) is 4.70. The fourth-order valence-corrected chi connectivity index (χ4v) is 6.92. The SMILES string of the molecule is FCSc1c(C2CCCCC2)cc(C2CCCCC2)cc1C1CCCCC1. The maximum Gasteiger partial charge on any atom is 0.139 e. The van der Waals surface area contributed by atoms with Gasteiger partial charge in [-0.05, 0) is 73.0 Å². The molecule has 3 aliphatic rings. The molecule has 150 valence electrons. The van der Waals surface area contributed by atoms with E-state index in [1.807, 2.05) is 0 Å². The summed E-state index contributed by atoms with van der Waals surface area (Å²) < 4.78 is 13.6. The van der Waals surface area contributed by atoms with Crippen molar-refractivity contribution in [2.45, 2.75) is 119 Å². The number of hydrogen-bond acceptors (Lipinski definition) is 1. The van der Waals surface area contributed by atoms with E-state index in [-0.39, 0.29) is 6.01 Å². The average Bonchev–Trinajstić information content (AvgIpc) is 2.76. The fraction of sp³-hybridized carbons (Fsp3) is 0.760. The predicted octanol–water partition coefficient (Wildman–Crippen LogP) is 8.85. The molecular weight excluding hydrogens is 351 g/mol. The van der Waals surface area contributed by atoms with Crippen LogP contribution in [0.1, 0.15) is 131 Å². The Labute approximate surface area is 170 Å². The summed E-state index contributed by atoms with van der Waals surface area (Å²) >= 11 is 1.50. The Balaban J connectivity index is 1.75. The van der Waals surface area contributed by atoms with E-state index in [9.17, 15) is 4.39 Å². The lowest BCUT2D eigenvalue weighted by Crippen LogP contribution is -2.14. The lowest BCUT2D eigenvalue weighted by molar-refractivity contribution is 0.420. The van der Waals surface area contributed by atoms with Crippen LogP contribution in [0.15, 0.2) is 17.0 Å². The maximum atomic E-state index is 13.6. The van der Waals surface area contributed by atoms with Gasteiger partial charge < -0.3 is 0 Å². The third-order valence-corrected chi connectivity index (χ3v) is 8.40. The Morgan fingerprint density at radius 3 is 1.44 bits per heavy atom. The van der Waals surface area contributed by atoms with E-state index in [1.54, 1.807) is 16.7 Å². The van der Waals surface area contributed by atoms with E-state index in [0.29, 0.717) is 11.8 Å². The standard InChI is InChI=1S/C25H37FS/c26-18-27-25-23(20-12-6-2-7-13-20)16-22(19-10-4-1-5-11-19)17-24(25)21-14-8-3-9-15-21/h16-17,19-21H,1-15,18H2. The minimum atomic E-state index is -0.276. The molecule has 3 aliphatic carbocycles. The van der Waals surface area contributed by atoms with Crippen molar-refractivity contribution in [2.75, 3.05) is 6.01 Å². The average molecular weight is 389 g/mol. The second-order valence-electron chi connectivity index (χ2n) is 9.29. The maximum absolute atomic E-state index is 13.6. The Kier molecular flexibility index (Phi) is 7.19. The molecule has 0 aromatic heterocycles. The molecule has 0 amide bonds. The molecule has 0 nitrogen and oxygen atoms in total. The summed E-state index contributed by atoms with van der Waals surface area (Å²) in [5, 5.41) is 0. The number of rotatable bonds is 5. The van der Waals surface area contributed by atoms with Crippen LogP contribution in [-0.4, -0.2) is 6.01 Å². The van der Waals surface area contributed by atoms with Crippen LogP contribution in [0, 0.1) is 0 Å². The van der Waals surface area contributed by atoms with Crippen LogP contribution in [0.5, 0.6) is 0 Å². The van der Waals surface area contributed by atoms with Gasteiger partial charge in [0.25, 0.3) is 0 Å². The Morgan fingerprint density at radius 2 is 1.04 bits per heavy atom. The van der Waals surface area contributed by atoms with Gasteiger partial charge in [0.15, 0.2) is 0 Å². The summed E-state index contributed by atoms with van der Waals surface area (Å²) in [4.78, 5) is 1.36. The molecule has 27 heavy (non-hydrogen) atoms. The first-order valence-corrected chi connectivity index (χ1v) is 12.7. The van der Waals surface area contributed by atoms with Gasteiger partial charge >= 0.3 is 0 Å². The van der Waals surface area contributed by atoms with Gasteiger partial charge in [0.05, 0.1) is 0 Å². The van der Waals surface area contributed by atoms with E-state index >= 15 is 0 Å². The molecule has 1 aromatic rings. The molecule has 4 rings (SSSR count). The minimum absolute atomic E-state index is 0.276. The summed E-state index contributed by atoms with van der Waals surface area (Å²) in [6.45, 7) is 0. The first kappa shape index (κ1) is 19.8. The number of hydrogen-bond donors (Lipinski definition) is 0. The Morgan fingerprint density at radius 1 is 0.630 bits per heavy atom. The molecule has 0 atom stereocenters. The highest BCUT2D eigenvalue weighted by atomic mass is 32.2. The highest BCUT2D eigenvalue weighted by Crippen LogP contribution is 2.47. The molecule has 0 unspecified atom stereocenters. The van der Waals surface area contributed by atoms with Crippen LogP contribution in [0.4, 0.5) is 4.39 Å². The smallest absolute Gasteiger partial charge is 0.139 e. The number of alkyl halides is 1. The zero-order chi connectivity index (χ0) is 18.5. The monoisotopic (exact) mass is 388 g/mol. The van der Waals surface area contributed by atoms with E-state index in [4.69, 9.17) is 0 Å². The van der Waals surface area contributed by atoms with Gasteiger partial charge in [-0.3, -0.25) is 0 Å². The van der Waals surface area contributed by atoms with Gasteiger partial charge in [-0.25, -0.2) is 4.39 Å². The summed E-state index contributed by atoms with van der Waals surface area (Å²) in [7, 11) is 0. The van der Waals surface area contributed by atoms with Crippen molar-refractivity contribution in [3.8, 4) is 0 Å². The van der Waals surface area contributed by atoms with Crippen molar-refractivity contribution >= 4 is 11.8 Å². The lowest BCUT2D eigenvalue weighted by atomic mass is 9.76. The van der Waals surface area contributed by atoms with Crippen molar-refractivity contribution in [2.24, 2.45) is 0 Å². The van der Waals surface area contributed by atoms with Crippen LogP contribution < -0.4 is 0 Å². The first-order chi connectivity index (χ1) is 13.4. The molecule has 3 saturated carbocycles. The topological polar surface area (TPSA) is 0 Å². The minimum Gasteiger partial charge on any atom is -0.239 e. The third kappa shape index (κ3) is 4.74. The van der Waals surface area contributed by atoms with E-state index in [1.165, 1.54) is 113 Å². The van der Waals surface area contributed by atoms with E-state index in [0.717, 1.165) is 5.92 Å². The lowest BCUT2D eigenvalue weighted by Gasteiger charge is -2.32. The van der Waals surface area contributed by atoms with Gasteiger partial charge in [-0.15, -0.1) is 0 Å². The van der Waals surface area contributed by atoms with Gasteiger partial charge in [0, 0.05) is 4.90 Å². The zero-order valence-corrected chi connectivity index (χ0v) is 17.8. The first-order valence-electron chi connectivity index (χ1n) is 11.7. The zero-order valence-electron chi connectivity index (χ0n) is 17.0. The molecule has 0 spiro atoms. The largest absolute Gasteiger partial charge is 0.239 e. The molecule has 0 N–H and O–H groups in total. The number of thioether (sulfide) groups is 1. The molecule has 2 heteroatoms. The molecule has 1 aromatic carbocycles. The van der Waals surface area contributed by atoms with Crippen molar-refractivity contribution in [1.29, 1.82) is 0 Å². The van der Waals surface area contributed by atoms with Gasteiger partial charge in [0.2, 0.25) is 0 Å². The quantitative estimate of drug-likeness (QED) is 0.454. The third-order valence-electron chi connectivity index (χ3n) is 7.53. The molecular formula is C25H37FS. The second-order valence-corrected chi connectivity index (χ2v) is 10.2. The Bertz CT molecular complexity index is 553. The van der Waals surface area contributed by atoms with E-state index < -0.39 is 0 Å². The number of halogens is 1. The van der Waals surface area contributed by atoms with Crippen LogP contribution in [0.3, 0.4) is 0 Å². The van der Waals surface area contributed by atoms with Gasteiger partial charge in [0.1, 0.15) is 6.01 Å². The van der Waals surface area contributed by atoms with Crippen LogP contribution in [-0.2, 0) is 0 Å². The van der Waals surface area contributed by atoms with Crippen LogP contribution in [0.25, 0.3) is 0 Å². The molecule has 0 heterocycles. The Hall–Kier alpha value is -0.500. The summed E-state index contributed by atoms with van der Waals surface area (Å²) in [5.74, 6) is 2.12. The summed E-state index contributed by atoms with van der Waals surface area (Å²) in [6.07, 6.45) is 20.4. The van der Waals surface area contributed by atoms with Crippen molar-refractivity contribution in [3.05, 3.63) is 28.8 Å². The molecule has 3 fully saturated rings. The molecule has 0 aliphatic heterocycles. The highest BCUT2D eigenvalue weighted by Gasteiger charge is 2.27. The summed E-state index contributed by atoms with van der Waals surface area (Å²) in [6, 6.07) is 4.83. The second kappa shape index (κ2) is 9.81. The molecule has 0 radical (unpaired) electrons. The fourth-order valence-electron chi connectivity index (χ4n) is 6.03. The molecule has 0 saturated heterocycles. The predicted molar refractivity (Wildman–Crippen MR) is 116 cm³/mol. The van der Waals surface area contributed by atoms with Crippen LogP contribution in [0.2, 0.25) is 0 Å². The van der Waals surface area contributed by atoms with Crippen LogP contribution >= 0.6 is 11.8 Å². The normalized spacial score (nSPS) is 23.6. The van der Waals surface area contributed by atoms with E-state index in [2.05, 4.69) is 12.1 Å².